The first-order valence-electron chi connectivity index (χ1n) is 4.94. The van der Waals surface area contributed by atoms with Crippen LogP contribution in [0.4, 0.5) is 0 Å². The molecular formula is C12H17NO. The summed E-state index contributed by atoms with van der Waals surface area (Å²) in [6, 6.07) is 8.33. The van der Waals surface area contributed by atoms with Crippen molar-refractivity contribution in [1.82, 2.24) is 5.32 Å². The maximum absolute atomic E-state index is 11.2. The van der Waals surface area contributed by atoms with Gasteiger partial charge >= 0.3 is 0 Å². The van der Waals surface area contributed by atoms with Crippen molar-refractivity contribution >= 4 is 5.78 Å². The van der Waals surface area contributed by atoms with Crippen LogP contribution in [0, 0.1) is 6.92 Å². The Morgan fingerprint density at radius 2 is 1.93 bits per heavy atom. The lowest BCUT2D eigenvalue weighted by Gasteiger charge is -2.01. The number of ketones is 1. The molecule has 0 saturated carbocycles. The molecule has 0 spiro atoms. The molecule has 0 aliphatic carbocycles. The minimum Gasteiger partial charge on any atom is -0.313 e. The number of likely N-dealkylation sites (N-methyl/N-ethyl adjacent to an activating group) is 1. The standard InChI is InChI=1S/C12H17NO/c1-10-3-5-11(6-4-10)7-8-12(14)9-13-2/h3-6,13H,7-9H2,1-2H3. The molecule has 0 unspecified atom stereocenters. The lowest BCUT2D eigenvalue weighted by molar-refractivity contribution is -0.118. The summed E-state index contributed by atoms with van der Waals surface area (Å²) in [6.45, 7) is 2.54. The van der Waals surface area contributed by atoms with Crippen LogP contribution in [0.2, 0.25) is 0 Å². The largest absolute Gasteiger partial charge is 0.313 e. The van der Waals surface area contributed by atoms with E-state index in [4.69, 9.17) is 0 Å². The van der Waals surface area contributed by atoms with Crippen LogP contribution in [-0.4, -0.2) is 19.4 Å². The first kappa shape index (κ1) is 10.9. The molecule has 0 fully saturated rings. The van der Waals surface area contributed by atoms with E-state index in [1.54, 1.807) is 7.05 Å². The lowest BCUT2D eigenvalue weighted by Crippen LogP contribution is -2.18. The predicted molar refractivity (Wildman–Crippen MR) is 58.4 cm³/mol. The van der Waals surface area contributed by atoms with Gasteiger partial charge in [0.15, 0.2) is 0 Å². The Bertz CT molecular complexity index is 290. The van der Waals surface area contributed by atoms with Crippen LogP contribution in [0.15, 0.2) is 24.3 Å². The average Bonchev–Trinajstić information content (AvgIpc) is 2.17. The summed E-state index contributed by atoms with van der Waals surface area (Å²) in [5, 5.41) is 2.86. The molecule has 1 N–H and O–H groups in total. The maximum atomic E-state index is 11.2. The second-order valence-corrected chi connectivity index (χ2v) is 3.55. The minimum absolute atomic E-state index is 0.271. The van der Waals surface area contributed by atoms with Crippen molar-refractivity contribution in [2.75, 3.05) is 13.6 Å². The Labute approximate surface area is 85.3 Å². The molecule has 0 saturated heterocycles. The number of rotatable bonds is 5. The van der Waals surface area contributed by atoms with Crippen molar-refractivity contribution in [2.24, 2.45) is 0 Å². The third-order valence-electron chi connectivity index (χ3n) is 2.19. The molecule has 2 nitrogen and oxygen atoms in total. The van der Waals surface area contributed by atoms with Crippen LogP contribution < -0.4 is 5.32 Å². The van der Waals surface area contributed by atoms with Crippen molar-refractivity contribution in [1.29, 1.82) is 0 Å². The third kappa shape index (κ3) is 3.71. The van der Waals surface area contributed by atoms with E-state index in [1.165, 1.54) is 11.1 Å². The molecule has 1 rings (SSSR count). The van der Waals surface area contributed by atoms with E-state index < -0.39 is 0 Å². The van der Waals surface area contributed by atoms with Gasteiger partial charge in [-0.2, -0.15) is 0 Å². The summed E-state index contributed by atoms with van der Waals surface area (Å²) in [5.74, 6) is 0.271. The zero-order chi connectivity index (χ0) is 10.4. The van der Waals surface area contributed by atoms with Crippen LogP contribution in [0.5, 0.6) is 0 Å². The van der Waals surface area contributed by atoms with Gasteiger partial charge < -0.3 is 5.32 Å². The van der Waals surface area contributed by atoms with E-state index in [0.29, 0.717) is 13.0 Å². The highest BCUT2D eigenvalue weighted by molar-refractivity contribution is 5.80. The van der Waals surface area contributed by atoms with Crippen molar-refractivity contribution in [3.63, 3.8) is 0 Å². The first-order chi connectivity index (χ1) is 6.72. The fourth-order valence-corrected chi connectivity index (χ4v) is 1.32. The number of carbonyl (C=O) groups excluding carboxylic acids is 1. The Morgan fingerprint density at radius 3 is 2.50 bits per heavy atom. The van der Waals surface area contributed by atoms with Crippen molar-refractivity contribution in [3.8, 4) is 0 Å². The predicted octanol–water partition coefficient (Wildman–Crippen LogP) is 1.72. The fraction of sp³-hybridized carbons (Fsp3) is 0.417. The molecule has 0 aromatic heterocycles. The molecule has 1 aromatic rings. The average molecular weight is 191 g/mol. The number of nitrogens with one attached hydrogen (secondary N) is 1. The van der Waals surface area contributed by atoms with Gasteiger partial charge in [0.25, 0.3) is 0 Å². The van der Waals surface area contributed by atoms with Gasteiger partial charge in [-0.15, -0.1) is 0 Å². The third-order valence-corrected chi connectivity index (χ3v) is 2.19. The molecule has 1 aromatic carbocycles. The van der Waals surface area contributed by atoms with E-state index in [1.807, 2.05) is 0 Å². The quantitative estimate of drug-likeness (QED) is 0.767. The number of benzene rings is 1. The topological polar surface area (TPSA) is 29.1 Å². The molecule has 0 amide bonds. The molecule has 0 aliphatic rings. The van der Waals surface area contributed by atoms with E-state index in [9.17, 15) is 4.79 Å². The maximum Gasteiger partial charge on any atom is 0.146 e. The van der Waals surface area contributed by atoms with Crippen molar-refractivity contribution in [3.05, 3.63) is 35.4 Å². The number of Topliss-reactive ketones (excluding diaryl/α,β-unsaturated/α-hetero) is 1. The minimum atomic E-state index is 0.271. The molecule has 0 atom stereocenters. The smallest absolute Gasteiger partial charge is 0.146 e. The van der Waals surface area contributed by atoms with E-state index in [-0.39, 0.29) is 5.78 Å². The first-order valence-corrected chi connectivity index (χ1v) is 4.94. The number of aryl methyl sites for hydroxylation is 2. The van der Waals surface area contributed by atoms with Crippen molar-refractivity contribution in [2.45, 2.75) is 19.8 Å². The normalized spacial score (nSPS) is 10.1. The summed E-state index contributed by atoms with van der Waals surface area (Å²) in [6.07, 6.45) is 1.48. The summed E-state index contributed by atoms with van der Waals surface area (Å²) < 4.78 is 0. The van der Waals surface area contributed by atoms with Gasteiger partial charge in [-0.1, -0.05) is 29.8 Å². The molecule has 0 heterocycles. The molecular weight excluding hydrogens is 174 g/mol. The zero-order valence-corrected chi connectivity index (χ0v) is 8.84. The summed E-state index contributed by atoms with van der Waals surface area (Å²) in [5.41, 5.74) is 2.50. The highest BCUT2D eigenvalue weighted by atomic mass is 16.1. The fourth-order valence-electron chi connectivity index (χ4n) is 1.32. The van der Waals surface area contributed by atoms with Gasteiger partial charge in [0, 0.05) is 6.42 Å². The van der Waals surface area contributed by atoms with Gasteiger partial charge in [-0.3, -0.25) is 4.79 Å². The van der Waals surface area contributed by atoms with Crippen LogP contribution in [0.3, 0.4) is 0 Å². The molecule has 0 radical (unpaired) electrons. The van der Waals surface area contributed by atoms with Gasteiger partial charge in [0.1, 0.15) is 5.78 Å². The second kappa shape index (κ2) is 5.55. The highest BCUT2D eigenvalue weighted by Crippen LogP contribution is 2.05. The van der Waals surface area contributed by atoms with Gasteiger partial charge in [0.05, 0.1) is 6.54 Å². The van der Waals surface area contributed by atoms with E-state index in [0.717, 1.165) is 6.42 Å². The van der Waals surface area contributed by atoms with Crippen LogP contribution >= 0.6 is 0 Å². The zero-order valence-electron chi connectivity index (χ0n) is 8.84. The summed E-state index contributed by atoms with van der Waals surface area (Å²) in [4.78, 5) is 11.2. The Morgan fingerprint density at radius 1 is 1.29 bits per heavy atom. The molecule has 2 heteroatoms. The van der Waals surface area contributed by atoms with Gasteiger partial charge in [-0.05, 0) is 26.0 Å². The molecule has 14 heavy (non-hydrogen) atoms. The Kier molecular flexibility index (Phi) is 4.33. The summed E-state index contributed by atoms with van der Waals surface area (Å²) in [7, 11) is 1.80. The van der Waals surface area contributed by atoms with Crippen LogP contribution in [0.25, 0.3) is 0 Å². The Hall–Kier alpha value is -1.15. The number of carbonyl (C=O) groups is 1. The van der Waals surface area contributed by atoms with E-state index in [2.05, 4.69) is 36.5 Å². The molecule has 0 aliphatic heterocycles. The van der Waals surface area contributed by atoms with Crippen LogP contribution in [0.1, 0.15) is 17.5 Å². The number of hydrogen-bond donors (Lipinski definition) is 1. The van der Waals surface area contributed by atoms with Gasteiger partial charge in [0.2, 0.25) is 0 Å². The van der Waals surface area contributed by atoms with Crippen LogP contribution in [-0.2, 0) is 11.2 Å². The molecule has 0 bridgehead atoms. The number of hydrogen-bond acceptors (Lipinski definition) is 2. The van der Waals surface area contributed by atoms with E-state index >= 15 is 0 Å². The summed E-state index contributed by atoms with van der Waals surface area (Å²) >= 11 is 0. The monoisotopic (exact) mass is 191 g/mol. The second-order valence-electron chi connectivity index (χ2n) is 3.55. The highest BCUT2D eigenvalue weighted by Gasteiger charge is 2.00. The molecule has 76 valence electrons. The Balaban J connectivity index is 2.38. The SMILES string of the molecule is CNCC(=O)CCc1ccc(C)cc1. The van der Waals surface area contributed by atoms with Crippen molar-refractivity contribution < 1.29 is 4.79 Å². The lowest BCUT2D eigenvalue weighted by atomic mass is 10.1. The van der Waals surface area contributed by atoms with Gasteiger partial charge in [-0.25, -0.2) is 0 Å².